The van der Waals surface area contributed by atoms with Crippen molar-refractivity contribution in [3.63, 3.8) is 0 Å². The maximum Gasteiger partial charge on any atom is 0.157 e. The Balaban J connectivity index is 2.08. The second kappa shape index (κ2) is 4.85. The third-order valence-corrected chi connectivity index (χ3v) is 3.86. The van der Waals surface area contributed by atoms with Gasteiger partial charge in [0.15, 0.2) is 5.58 Å². The predicted molar refractivity (Wildman–Crippen MR) is 75.0 cm³/mol. The number of hydrogen-bond donors (Lipinski definition) is 1. The molecule has 1 N–H and O–H groups in total. The van der Waals surface area contributed by atoms with Gasteiger partial charge in [0.05, 0.1) is 12.0 Å². The molecule has 0 bridgehead atoms. The van der Waals surface area contributed by atoms with E-state index in [0.29, 0.717) is 12.0 Å². The number of anilines is 1. The topological polar surface area (TPSA) is 28.4 Å². The van der Waals surface area contributed by atoms with Crippen LogP contribution >= 0.6 is 0 Å². The second-order valence-corrected chi connectivity index (χ2v) is 5.47. The first kappa shape index (κ1) is 12.5. The van der Waals surface area contributed by atoms with Crippen LogP contribution in [0.3, 0.4) is 0 Å². The second-order valence-electron chi connectivity index (χ2n) is 5.47. The number of halogens is 1. The van der Waals surface area contributed by atoms with Gasteiger partial charge in [0, 0.05) is 37.1 Å². The van der Waals surface area contributed by atoms with Crippen LogP contribution in [0, 0.1) is 11.7 Å². The molecule has 3 rings (SSSR count). The summed E-state index contributed by atoms with van der Waals surface area (Å²) in [7, 11) is 0. The van der Waals surface area contributed by atoms with E-state index in [2.05, 4.69) is 24.1 Å². The summed E-state index contributed by atoms with van der Waals surface area (Å²) in [4.78, 5) is 2.27. The van der Waals surface area contributed by atoms with Gasteiger partial charge in [0.2, 0.25) is 0 Å². The molecule has 0 aliphatic carbocycles. The molecule has 0 spiro atoms. The maximum absolute atomic E-state index is 13.8. The van der Waals surface area contributed by atoms with Gasteiger partial charge < -0.3 is 14.6 Å². The number of hydrogen-bond acceptors (Lipinski definition) is 3. The lowest BCUT2D eigenvalue weighted by Crippen LogP contribution is -2.53. The molecule has 0 amide bonds. The van der Waals surface area contributed by atoms with E-state index in [1.807, 2.05) is 6.07 Å². The van der Waals surface area contributed by atoms with Crippen molar-refractivity contribution in [1.82, 2.24) is 5.32 Å². The third-order valence-electron chi connectivity index (χ3n) is 3.86. The molecule has 102 valence electrons. The van der Waals surface area contributed by atoms with Crippen LogP contribution in [0.4, 0.5) is 10.1 Å². The first-order valence-electron chi connectivity index (χ1n) is 6.81. The highest BCUT2D eigenvalue weighted by Crippen LogP contribution is 2.32. The first-order valence-corrected chi connectivity index (χ1v) is 6.81. The van der Waals surface area contributed by atoms with Gasteiger partial charge in [-0.05, 0) is 18.1 Å². The molecular formula is C15H19FN2O. The van der Waals surface area contributed by atoms with Crippen molar-refractivity contribution in [2.24, 2.45) is 5.92 Å². The molecule has 2 heterocycles. The van der Waals surface area contributed by atoms with Gasteiger partial charge in [-0.3, -0.25) is 0 Å². The summed E-state index contributed by atoms with van der Waals surface area (Å²) in [5, 5.41) is 4.24. The van der Waals surface area contributed by atoms with E-state index in [-0.39, 0.29) is 5.82 Å². The Labute approximate surface area is 112 Å². The Hall–Kier alpha value is -1.55. The molecule has 1 atom stereocenters. The van der Waals surface area contributed by atoms with E-state index in [4.69, 9.17) is 4.42 Å². The zero-order valence-corrected chi connectivity index (χ0v) is 11.3. The molecule has 3 nitrogen and oxygen atoms in total. The molecule has 1 saturated heterocycles. The van der Waals surface area contributed by atoms with Crippen molar-refractivity contribution in [3.05, 3.63) is 30.3 Å². The summed E-state index contributed by atoms with van der Waals surface area (Å²) in [6, 6.07) is 5.29. The van der Waals surface area contributed by atoms with Gasteiger partial charge in [-0.15, -0.1) is 0 Å². The average Bonchev–Trinajstić information content (AvgIpc) is 2.85. The van der Waals surface area contributed by atoms with Crippen LogP contribution < -0.4 is 10.2 Å². The van der Waals surface area contributed by atoms with Gasteiger partial charge in [0.1, 0.15) is 5.82 Å². The zero-order valence-electron chi connectivity index (χ0n) is 11.3. The Morgan fingerprint density at radius 3 is 3.05 bits per heavy atom. The summed E-state index contributed by atoms with van der Waals surface area (Å²) >= 11 is 0. The van der Waals surface area contributed by atoms with Crippen molar-refractivity contribution < 1.29 is 8.81 Å². The minimum Gasteiger partial charge on any atom is -0.462 e. The fraction of sp³-hybridized carbons (Fsp3) is 0.467. The van der Waals surface area contributed by atoms with Crippen molar-refractivity contribution in [3.8, 4) is 0 Å². The normalized spacial score (nSPS) is 20.4. The van der Waals surface area contributed by atoms with Crippen molar-refractivity contribution in [2.75, 3.05) is 24.5 Å². The van der Waals surface area contributed by atoms with Gasteiger partial charge in [0.25, 0.3) is 0 Å². The molecular weight excluding hydrogens is 243 g/mol. The van der Waals surface area contributed by atoms with Crippen LogP contribution in [0.1, 0.15) is 13.8 Å². The van der Waals surface area contributed by atoms with Crippen LogP contribution in [-0.2, 0) is 0 Å². The third kappa shape index (κ3) is 2.21. The van der Waals surface area contributed by atoms with Gasteiger partial charge in [-0.2, -0.15) is 0 Å². The summed E-state index contributed by atoms with van der Waals surface area (Å²) in [5.41, 5.74) is 1.66. The lowest BCUT2D eigenvalue weighted by Gasteiger charge is -2.40. The number of fused-ring (bicyclic) bond motifs is 1. The average molecular weight is 262 g/mol. The summed E-state index contributed by atoms with van der Waals surface area (Å²) in [6.07, 6.45) is 1.63. The van der Waals surface area contributed by atoms with Crippen LogP contribution in [0.5, 0.6) is 0 Å². The van der Waals surface area contributed by atoms with E-state index >= 15 is 0 Å². The summed E-state index contributed by atoms with van der Waals surface area (Å²) in [6.45, 7) is 7.12. The largest absolute Gasteiger partial charge is 0.462 e. The molecule has 0 saturated carbocycles. The van der Waals surface area contributed by atoms with Crippen LogP contribution in [-0.4, -0.2) is 25.7 Å². The van der Waals surface area contributed by atoms with Crippen molar-refractivity contribution in [2.45, 2.75) is 19.9 Å². The van der Waals surface area contributed by atoms with E-state index in [9.17, 15) is 4.39 Å². The smallest absolute Gasteiger partial charge is 0.157 e. The summed E-state index contributed by atoms with van der Waals surface area (Å²) < 4.78 is 19.3. The molecule has 1 aromatic carbocycles. The quantitative estimate of drug-likeness (QED) is 0.902. The standard InChI is InChI=1S/C15H19FN2O/c1-10(2)14-9-17-4-5-18(14)13-8-12(16)7-11-3-6-19-15(11)13/h3,6-8,10,14,17H,4-5,9H2,1-2H3/t14-/m1/s1. The molecule has 0 radical (unpaired) electrons. The highest BCUT2D eigenvalue weighted by molar-refractivity contribution is 5.89. The number of furan rings is 1. The van der Waals surface area contributed by atoms with Crippen molar-refractivity contribution >= 4 is 16.7 Å². The molecule has 1 aromatic heterocycles. The highest BCUT2D eigenvalue weighted by atomic mass is 19.1. The number of nitrogens with zero attached hydrogens (tertiary/aromatic N) is 1. The number of rotatable bonds is 2. The van der Waals surface area contributed by atoms with E-state index in [0.717, 1.165) is 36.3 Å². The fourth-order valence-electron chi connectivity index (χ4n) is 2.86. The minimum atomic E-state index is -0.204. The van der Waals surface area contributed by atoms with E-state index in [1.54, 1.807) is 12.3 Å². The Morgan fingerprint density at radius 2 is 2.26 bits per heavy atom. The van der Waals surface area contributed by atoms with Crippen LogP contribution in [0.2, 0.25) is 0 Å². The van der Waals surface area contributed by atoms with E-state index < -0.39 is 0 Å². The SMILES string of the molecule is CC(C)[C@H]1CNCCN1c1cc(F)cc2ccoc12. The highest BCUT2D eigenvalue weighted by Gasteiger charge is 2.27. The van der Waals surface area contributed by atoms with Gasteiger partial charge in [-0.25, -0.2) is 4.39 Å². The predicted octanol–water partition coefficient (Wildman–Crippen LogP) is 3.01. The molecule has 4 heteroatoms. The monoisotopic (exact) mass is 262 g/mol. The first-order chi connectivity index (χ1) is 9.16. The summed E-state index contributed by atoms with van der Waals surface area (Å²) in [5.74, 6) is 0.297. The Bertz CT molecular complexity index is 579. The molecule has 1 fully saturated rings. The van der Waals surface area contributed by atoms with Crippen LogP contribution in [0.25, 0.3) is 11.0 Å². The maximum atomic E-state index is 13.8. The Morgan fingerprint density at radius 1 is 1.42 bits per heavy atom. The molecule has 1 aliphatic rings. The minimum absolute atomic E-state index is 0.204. The lowest BCUT2D eigenvalue weighted by atomic mass is 9.99. The number of piperazine rings is 1. The van der Waals surface area contributed by atoms with Crippen molar-refractivity contribution in [1.29, 1.82) is 0 Å². The zero-order chi connectivity index (χ0) is 13.4. The fourth-order valence-corrected chi connectivity index (χ4v) is 2.86. The molecule has 0 unspecified atom stereocenters. The molecule has 1 aliphatic heterocycles. The molecule has 2 aromatic rings. The molecule has 19 heavy (non-hydrogen) atoms. The number of benzene rings is 1. The Kier molecular flexibility index (Phi) is 3.19. The van der Waals surface area contributed by atoms with Crippen LogP contribution in [0.15, 0.2) is 28.9 Å². The van der Waals surface area contributed by atoms with Gasteiger partial charge in [-0.1, -0.05) is 13.8 Å². The van der Waals surface area contributed by atoms with E-state index in [1.165, 1.54) is 6.07 Å². The van der Waals surface area contributed by atoms with Gasteiger partial charge >= 0.3 is 0 Å². The lowest BCUT2D eigenvalue weighted by molar-refractivity contribution is 0.389. The number of nitrogens with one attached hydrogen (secondary N) is 1.